The van der Waals surface area contributed by atoms with Crippen molar-refractivity contribution in [3.8, 4) is 5.75 Å². The summed E-state index contributed by atoms with van der Waals surface area (Å²) < 4.78 is 11.3. The number of pyridine rings is 1. The lowest BCUT2D eigenvalue weighted by Gasteiger charge is -2.20. The van der Waals surface area contributed by atoms with Crippen LogP contribution in [0.2, 0.25) is 0 Å². The molecule has 0 spiro atoms. The van der Waals surface area contributed by atoms with Crippen LogP contribution in [0.5, 0.6) is 5.75 Å². The van der Waals surface area contributed by atoms with Gasteiger partial charge in [-0.3, -0.25) is 9.69 Å². The molecule has 0 aliphatic carbocycles. The van der Waals surface area contributed by atoms with Gasteiger partial charge in [0.1, 0.15) is 17.3 Å². The van der Waals surface area contributed by atoms with Gasteiger partial charge in [0, 0.05) is 11.8 Å². The molecule has 2 aromatic heterocycles. The lowest BCUT2D eigenvalue weighted by atomic mass is 10.2. The topological polar surface area (TPSA) is 55.6 Å². The van der Waals surface area contributed by atoms with Crippen LogP contribution in [0.25, 0.3) is 0 Å². The highest BCUT2D eigenvalue weighted by molar-refractivity contribution is 9.10. The Morgan fingerprint density at radius 3 is 2.54 bits per heavy atom. The Morgan fingerprint density at radius 2 is 1.96 bits per heavy atom. The van der Waals surface area contributed by atoms with Gasteiger partial charge in [-0.15, -0.1) is 0 Å². The number of aromatic nitrogens is 1. The minimum Gasteiger partial charge on any atom is -0.497 e. The fraction of sp³-hybridized carbons (Fsp3) is 0.111. The molecule has 0 atom stereocenters. The van der Waals surface area contributed by atoms with Gasteiger partial charge in [0.25, 0.3) is 5.91 Å². The summed E-state index contributed by atoms with van der Waals surface area (Å²) in [6.45, 7) is 0.285. The average Bonchev–Trinajstić information content (AvgIpc) is 3.05. The Balaban J connectivity index is 1.92. The molecule has 1 aromatic carbocycles. The molecule has 0 saturated carbocycles. The summed E-state index contributed by atoms with van der Waals surface area (Å²) in [5, 5.41) is 0. The lowest BCUT2D eigenvalue weighted by molar-refractivity contribution is 0.0982. The van der Waals surface area contributed by atoms with Gasteiger partial charge in [-0.2, -0.15) is 0 Å². The monoisotopic (exact) mass is 386 g/mol. The van der Waals surface area contributed by atoms with Crippen LogP contribution in [0, 0.1) is 0 Å². The molecule has 24 heavy (non-hydrogen) atoms. The fourth-order valence-electron chi connectivity index (χ4n) is 2.25. The van der Waals surface area contributed by atoms with E-state index in [1.165, 1.54) is 0 Å². The van der Waals surface area contributed by atoms with Crippen molar-refractivity contribution in [2.24, 2.45) is 0 Å². The first-order valence-corrected chi connectivity index (χ1v) is 8.08. The highest BCUT2D eigenvalue weighted by atomic mass is 79.9. The van der Waals surface area contributed by atoms with Crippen molar-refractivity contribution in [2.75, 3.05) is 12.0 Å². The average molecular weight is 387 g/mol. The summed E-state index contributed by atoms with van der Waals surface area (Å²) in [5.74, 6) is 1.76. The number of hydrogen-bond acceptors (Lipinski definition) is 4. The fourth-order valence-corrected chi connectivity index (χ4v) is 2.59. The second-order valence-electron chi connectivity index (χ2n) is 5.01. The minimum absolute atomic E-state index is 0.163. The SMILES string of the molecule is COc1ccc(C(=O)N(Cc2ccc(Br)o2)c2ccccn2)cc1. The molecule has 0 aliphatic rings. The maximum absolute atomic E-state index is 12.9. The van der Waals surface area contributed by atoms with Gasteiger partial charge in [0.15, 0.2) is 4.67 Å². The normalized spacial score (nSPS) is 10.4. The molecular formula is C18H15BrN2O3. The molecular weight excluding hydrogens is 372 g/mol. The first kappa shape index (κ1) is 16.3. The second-order valence-corrected chi connectivity index (χ2v) is 5.80. The van der Waals surface area contributed by atoms with E-state index in [1.807, 2.05) is 18.2 Å². The van der Waals surface area contributed by atoms with E-state index in [0.29, 0.717) is 27.6 Å². The summed E-state index contributed by atoms with van der Waals surface area (Å²) in [5.41, 5.74) is 0.548. The maximum atomic E-state index is 12.9. The van der Waals surface area contributed by atoms with Crippen LogP contribution in [-0.4, -0.2) is 18.0 Å². The zero-order valence-electron chi connectivity index (χ0n) is 13.0. The van der Waals surface area contributed by atoms with Gasteiger partial charge in [0.2, 0.25) is 0 Å². The number of methoxy groups -OCH3 is 1. The summed E-state index contributed by atoms with van der Waals surface area (Å²) in [6.07, 6.45) is 1.65. The van der Waals surface area contributed by atoms with E-state index in [4.69, 9.17) is 9.15 Å². The van der Waals surface area contributed by atoms with Gasteiger partial charge >= 0.3 is 0 Å². The van der Waals surface area contributed by atoms with E-state index in [1.54, 1.807) is 54.6 Å². The van der Waals surface area contributed by atoms with E-state index in [2.05, 4.69) is 20.9 Å². The number of rotatable bonds is 5. The molecule has 0 N–H and O–H groups in total. The van der Waals surface area contributed by atoms with Gasteiger partial charge in [-0.05, 0) is 64.5 Å². The number of carbonyl (C=O) groups is 1. The summed E-state index contributed by atoms with van der Waals surface area (Å²) in [7, 11) is 1.59. The van der Waals surface area contributed by atoms with Crippen LogP contribution in [0.1, 0.15) is 16.1 Å². The van der Waals surface area contributed by atoms with E-state index >= 15 is 0 Å². The van der Waals surface area contributed by atoms with E-state index in [9.17, 15) is 4.79 Å². The van der Waals surface area contributed by atoms with Crippen LogP contribution in [-0.2, 0) is 6.54 Å². The van der Waals surface area contributed by atoms with Crippen molar-refractivity contribution >= 4 is 27.7 Å². The number of furan rings is 1. The predicted molar refractivity (Wildman–Crippen MR) is 94.2 cm³/mol. The number of hydrogen-bond donors (Lipinski definition) is 0. The Kier molecular flexibility index (Phi) is 4.96. The molecule has 3 rings (SSSR count). The molecule has 2 heterocycles. The third-order valence-corrected chi connectivity index (χ3v) is 3.88. The Bertz CT molecular complexity index is 816. The highest BCUT2D eigenvalue weighted by Crippen LogP contribution is 2.22. The number of benzene rings is 1. The standard InChI is InChI=1S/C18H15BrN2O3/c1-23-14-7-5-13(6-8-14)18(22)21(17-4-2-3-11-20-17)12-15-9-10-16(19)24-15/h2-11H,12H2,1H3. The number of halogens is 1. The van der Waals surface area contributed by atoms with E-state index in [-0.39, 0.29) is 12.5 Å². The van der Waals surface area contributed by atoms with Crippen molar-refractivity contribution in [2.45, 2.75) is 6.54 Å². The van der Waals surface area contributed by atoms with Crippen LogP contribution < -0.4 is 9.64 Å². The molecule has 0 bridgehead atoms. The largest absolute Gasteiger partial charge is 0.497 e. The first-order valence-electron chi connectivity index (χ1n) is 7.28. The molecule has 0 unspecified atom stereocenters. The molecule has 122 valence electrons. The minimum atomic E-state index is -0.163. The molecule has 1 amide bonds. The van der Waals surface area contributed by atoms with Crippen molar-refractivity contribution < 1.29 is 13.9 Å². The van der Waals surface area contributed by atoms with E-state index in [0.717, 1.165) is 0 Å². The van der Waals surface area contributed by atoms with Crippen molar-refractivity contribution in [1.29, 1.82) is 0 Å². The van der Waals surface area contributed by atoms with Crippen LogP contribution in [0.4, 0.5) is 5.82 Å². The number of ether oxygens (including phenoxy) is 1. The molecule has 0 radical (unpaired) electrons. The summed E-state index contributed by atoms with van der Waals surface area (Å²) in [6, 6.07) is 16.0. The molecule has 5 nitrogen and oxygen atoms in total. The number of carbonyl (C=O) groups excluding carboxylic acids is 1. The smallest absolute Gasteiger partial charge is 0.259 e. The Hall–Kier alpha value is -2.60. The zero-order chi connectivity index (χ0) is 16.9. The zero-order valence-corrected chi connectivity index (χ0v) is 14.6. The quantitative estimate of drug-likeness (QED) is 0.655. The van der Waals surface area contributed by atoms with Gasteiger partial charge < -0.3 is 9.15 Å². The Labute approximate surface area is 148 Å². The van der Waals surface area contributed by atoms with Gasteiger partial charge in [-0.25, -0.2) is 4.98 Å². The van der Waals surface area contributed by atoms with Crippen LogP contribution in [0.15, 0.2) is 69.9 Å². The molecule has 3 aromatic rings. The van der Waals surface area contributed by atoms with Crippen LogP contribution in [0.3, 0.4) is 0 Å². The second kappa shape index (κ2) is 7.31. The van der Waals surface area contributed by atoms with Gasteiger partial charge in [0.05, 0.1) is 13.7 Å². The third kappa shape index (κ3) is 3.65. The Morgan fingerprint density at radius 1 is 1.17 bits per heavy atom. The number of anilines is 1. The highest BCUT2D eigenvalue weighted by Gasteiger charge is 2.20. The van der Waals surface area contributed by atoms with Crippen LogP contribution >= 0.6 is 15.9 Å². The first-order chi connectivity index (χ1) is 11.7. The molecule has 0 aliphatic heterocycles. The summed E-state index contributed by atoms with van der Waals surface area (Å²) in [4.78, 5) is 18.8. The maximum Gasteiger partial charge on any atom is 0.259 e. The van der Waals surface area contributed by atoms with Crippen molar-refractivity contribution in [3.05, 3.63) is 76.8 Å². The number of nitrogens with zero attached hydrogens (tertiary/aromatic N) is 2. The van der Waals surface area contributed by atoms with Crippen molar-refractivity contribution in [3.63, 3.8) is 0 Å². The lowest BCUT2D eigenvalue weighted by Crippen LogP contribution is -2.31. The summed E-state index contributed by atoms with van der Waals surface area (Å²) >= 11 is 3.28. The molecule has 0 saturated heterocycles. The predicted octanol–water partition coefficient (Wildman–Crippen LogP) is 4.29. The van der Waals surface area contributed by atoms with E-state index < -0.39 is 0 Å². The molecule has 6 heteroatoms. The van der Waals surface area contributed by atoms with Crippen molar-refractivity contribution in [1.82, 2.24) is 4.98 Å². The molecule has 0 fully saturated rings. The third-order valence-electron chi connectivity index (χ3n) is 3.45. The number of amides is 1. The van der Waals surface area contributed by atoms with Gasteiger partial charge in [-0.1, -0.05) is 6.07 Å².